The molecule has 3 N–H and O–H groups in total. The number of aliphatic hydroxyl groups excluding tert-OH is 1. The normalized spacial score (nSPS) is 37.2. The van der Waals surface area contributed by atoms with E-state index in [0.29, 0.717) is 17.9 Å². The van der Waals surface area contributed by atoms with Gasteiger partial charge in [-0.1, -0.05) is 19.3 Å². The Kier molecular flexibility index (Phi) is 5.17. The van der Waals surface area contributed by atoms with Crippen molar-refractivity contribution < 1.29 is 9.90 Å². The Bertz CT molecular complexity index is 355. The van der Waals surface area contributed by atoms with Crippen LogP contribution < -0.4 is 10.6 Å². The van der Waals surface area contributed by atoms with E-state index in [-0.39, 0.29) is 17.9 Å². The number of fused-ring (bicyclic) bond motifs is 1. The van der Waals surface area contributed by atoms with Crippen LogP contribution in [0, 0.1) is 17.8 Å². The smallest absolute Gasteiger partial charge is 0.223 e. The molecule has 3 fully saturated rings. The number of nitrogens with one attached hydrogen (secondary N) is 2. The van der Waals surface area contributed by atoms with Crippen molar-refractivity contribution in [3.8, 4) is 0 Å². The molecule has 0 aromatic rings. The number of hydrogen-bond donors (Lipinski definition) is 3. The molecule has 2 aliphatic carbocycles. The standard InChI is InChI=1S/C17H30N2O2/c20-14-6-7-16-15(10-14)13(11-19-16)8-9-18-17(21)12-4-2-1-3-5-12/h12-16,19-20H,1-11H2,(H,18,21). The van der Waals surface area contributed by atoms with E-state index in [4.69, 9.17) is 0 Å². The average molecular weight is 294 g/mol. The zero-order chi connectivity index (χ0) is 14.7. The molecule has 4 unspecified atom stereocenters. The summed E-state index contributed by atoms with van der Waals surface area (Å²) in [7, 11) is 0. The first-order valence-corrected chi connectivity index (χ1v) is 8.93. The Hall–Kier alpha value is -0.610. The molecule has 120 valence electrons. The summed E-state index contributed by atoms with van der Waals surface area (Å²) in [4.78, 5) is 12.1. The molecule has 1 aliphatic heterocycles. The molecule has 4 nitrogen and oxygen atoms in total. The third kappa shape index (κ3) is 3.78. The largest absolute Gasteiger partial charge is 0.393 e. The Balaban J connectivity index is 1.40. The van der Waals surface area contributed by atoms with E-state index in [1.807, 2.05) is 0 Å². The van der Waals surface area contributed by atoms with Crippen LogP contribution in [0.1, 0.15) is 57.8 Å². The number of carbonyl (C=O) groups excluding carboxylic acids is 1. The maximum Gasteiger partial charge on any atom is 0.223 e. The Morgan fingerprint density at radius 1 is 1.14 bits per heavy atom. The minimum absolute atomic E-state index is 0.106. The van der Waals surface area contributed by atoms with Crippen LogP contribution >= 0.6 is 0 Å². The highest BCUT2D eigenvalue weighted by Gasteiger charge is 2.39. The SMILES string of the molecule is O=C(NCCC1CNC2CCC(O)CC12)C1CCCCC1. The molecule has 4 atom stereocenters. The van der Waals surface area contributed by atoms with E-state index >= 15 is 0 Å². The highest BCUT2D eigenvalue weighted by molar-refractivity contribution is 5.78. The van der Waals surface area contributed by atoms with Crippen molar-refractivity contribution in [2.45, 2.75) is 69.9 Å². The quantitative estimate of drug-likeness (QED) is 0.741. The number of rotatable bonds is 4. The molecular formula is C17H30N2O2. The Labute approximate surface area is 128 Å². The van der Waals surface area contributed by atoms with Crippen LogP contribution in [0.3, 0.4) is 0 Å². The number of carbonyl (C=O) groups is 1. The molecule has 1 heterocycles. The molecule has 4 heteroatoms. The molecule has 1 saturated heterocycles. The van der Waals surface area contributed by atoms with E-state index in [1.54, 1.807) is 0 Å². The summed E-state index contributed by atoms with van der Waals surface area (Å²) in [5.41, 5.74) is 0. The molecule has 0 radical (unpaired) electrons. The van der Waals surface area contributed by atoms with Crippen LogP contribution in [-0.2, 0) is 4.79 Å². The summed E-state index contributed by atoms with van der Waals surface area (Å²) < 4.78 is 0. The molecule has 3 aliphatic rings. The first-order valence-electron chi connectivity index (χ1n) is 8.93. The summed E-state index contributed by atoms with van der Waals surface area (Å²) >= 11 is 0. The zero-order valence-electron chi connectivity index (χ0n) is 13.0. The Morgan fingerprint density at radius 2 is 1.95 bits per heavy atom. The van der Waals surface area contributed by atoms with Gasteiger partial charge in [-0.15, -0.1) is 0 Å². The van der Waals surface area contributed by atoms with Gasteiger partial charge in [0.2, 0.25) is 5.91 Å². The molecule has 0 bridgehead atoms. The second-order valence-electron chi connectivity index (χ2n) is 7.32. The lowest BCUT2D eigenvalue weighted by Gasteiger charge is -2.31. The van der Waals surface area contributed by atoms with E-state index in [0.717, 1.165) is 51.6 Å². The predicted molar refractivity (Wildman–Crippen MR) is 82.8 cm³/mol. The molecule has 0 aromatic heterocycles. The minimum atomic E-state index is -0.106. The first-order chi connectivity index (χ1) is 10.2. The number of aliphatic hydroxyl groups is 1. The van der Waals surface area contributed by atoms with Gasteiger partial charge in [0.05, 0.1) is 6.10 Å². The summed E-state index contributed by atoms with van der Waals surface area (Å²) in [5, 5.41) is 16.6. The molecule has 1 amide bonds. The van der Waals surface area contributed by atoms with Crippen LogP contribution in [0.5, 0.6) is 0 Å². The highest BCUT2D eigenvalue weighted by atomic mass is 16.3. The molecule has 21 heavy (non-hydrogen) atoms. The lowest BCUT2D eigenvalue weighted by molar-refractivity contribution is -0.125. The summed E-state index contributed by atoms with van der Waals surface area (Å²) in [6.07, 6.45) is 9.82. The van der Waals surface area contributed by atoms with Crippen molar-refractivity contribution in [2.24, 2.45) is 17.8 Å². The maximum atomic E-state index is 12.1. The monoisotopic (exact) mass is 294 g/mol. The van der Waals surface area contributed by atoms with Crippen LogP contribution in [0.25, 0.3) is 0 Å². The maximum absolute atomic E-state index is 12.1. The summed E-state index contributed by atoms with van der Waals surface area (Å²) in [6.45, 7) is 1.86. The third-order valence-corrected chi connectivity index (χ3v) is 5.91. The second-order valence-corrected chi connectivity index (χ2v) is 7.32. The van der Waals surface area contributed by atoms with Crippen LogP contribution in [0.2, 0.25) is 0 Å². The van der Waals surface area contributed by atoms with Gasteiger partial charge in [-0.25, -0.2) is 0 Å². The summed E-state index contributed by atoms with van der Waals surface area (Å²) in [5.74, 6) is 1.78. The number of hydrogen-bond acceptors (Lipinski definition) is 3. The average Bonchev–Trinajstić information content (AvgIpc) is 2.90. The second kappa shape index (κ2) is 7.10. The van der Waals surface area contributed by atoms with Crippen molar-refractivity contribution in [3.63, 3.8) is 0 Å². The molecule has 0 spiro atoms. The van der Waals surface area contributed by atoms with Gasteiger partial charge < -0.3 is 15.7 Å². The van der Waals surface area contributed by atoms with Crippen LogP contribution in [-0.4, -0.2) is 36.2 Å². The zero-order valence-corrected chi connectivity index (χ0v) is 13.0. The van der Waals surface area contributed by atoms with Crippen molar-refractivity contribution in [3.05, 3.63) is 0 Å². The van der Waals surface area contributed by atoms with Crippen LogP contribution in [0.4, 0.5) is 0 Å². The minimum Gasteiger partial charge on any atom is -0.393 e. The first kappa shape index (κ1) is 15.3. The lowest BCUT2D eigenvalue weighted by atomic mass is 9.77. The van der Waals surface area contributed by atoms with E-state index in [9.17, 15) is 9.90 Å². The lowest BCUT2D eigenvalue weighted by Crippen LogP contribution is -2.36. The van der Waals surface area contributed by atoms with Gasteiger partial charge in [0.15, 0.2) is 0 Å². The topological polar surface area (TPSA) is 61.4 Å². The van der Waals surface area contributed by atoms with Gasteiger partial charge in [0.1, 0.15) is 0 Å². The van der Waals surface area contributed by atoms with Crippen LogP contribution in [0.15, 0.2) is 0 Å². The fourth-order valence-electron chi connectivity index (χ4n) is 4.62. The van der Waals surface area contributed by atoms with Gasteiger partial charge in [0, 0.05) is 18.5 Å². The van der Waals surface area contributed by atoms with Gasteiger partial charge in [-0.2, -0.15) is 0 Å². The molecule has 0 aromatic carbocycles. The predicted octanol–water partition coefficient (Wildman–Crippen LogP) is 1.82. The molecular weight excluding hydrogens is 264 g/mol. The van der Waals surface area contributed by atoms with E-state index in [2.05, 4.69) is 10.6 Å². The fraction of sp³-hybridized carbons (Fsp3) is 0.941. The van der Waals surface area contributed by atoms with E-state index < -0.39 is 0 Å². The Morgan fingerprint density at radius 3 is 2.76 bits per heavy atom. The van der Waals surface area contributed by atoms with Crippen molar-refractivity contribution in [1.29, 1.82) is 0 Å². The van der Waals surface area contributed by atoms with Crippen molar-refractivity contribution >= 4 is 5.91 Å². The summed E-state index contributed by atoms with van der Waals surface area (Å²) in [6, 6.07) is 0.604. The van der Waals surface area contributed by atoms with Gasteiger partial charge in [-0.3, -0.25) is 4.79 Å². The molecule has 2 saturated carbocycles. The van der Waals surface area contributed by atoms with Gasteiger partial charge in [0.25, 0.3) is 0 Å². The third-order valence-electron chi connectivity index (χ3n) is 5.91. The van der Waals surface area contributed by atoms with E-state index in [1.165, 1.54) is 19.3 Å². The number of amides is 1. The van der Waals surface area contributed by atoms with Gasteiger partial charge in [-0.05, 0) is 56.9 Å². The highest BCUT2D eigenvalue weighted by Crippen LogP contribution is 2.36. The fourth-order valence-corrected chi connectivity index (χ4v) is 4.62. The van der Waals surface area contributed by atoms with Crippen molar-refractivity contribution in [2.75, 3.05) is 13.1 Å². The van der Waals surface area contributed by atoms with Crippen molar-refractivity contribution in [1.82, 2.24) is 10.6 Å². The van der Waals surface area contributed by atoms with Gasteiger partial charge >= 0.3 is 0 Å². The molecule has 3 rings (SSSR count).